The molecule has 0 aromatic heterocycles. The molecule has 1 heterocycles. The fourth-order valence-corrected chi connectivity index (χ4v) is 2.39. The maximum Gasteiger partial charge on any atom is 0.0220 e. The maximum atomic E-state index is 3.63. The van der Waals surface area contributed by atoms with Crippen molar-refractivity contribution in [2.24, 2.45) is 11.8 Å². The molecule has 84 valence electrons. The molecule has 2 atom stereocenters. The fourth-order valence-electron chi connectivity index (χ4n) is 2.39. The number of likely N-dealkylation sites (N-methyl/N-ethyl adjacent to an activating group) is 1. The predicted molar refractivity (Wildman–Crippen MR) is 62.5 cm³/mol. The molecule has 2 nitrogen and oxygen atoms in total. The summed E-state index contributed by atoms with van der Waals surface area (Å²) in [6.45, 7) is 10.6. The van der Waals surface area contributed by atoms with Crippen molar-refractivity contribution < 1.29 is 0 Å². The second-order valence-corrected chi connectivity index (χ2v) is 5.30. The summed E-state index contributed by atoms with van der Waals surface area (Å²) in [5.41, 5.74) is 0. The van der Waals surface area contributed by atoms with Crippen LogP contribution in [-0.4, -0.2) is 37.6 Å². The van der Waals surface area contributed by atoms with Crippen molar-refractivity contribution in [2.45, 2.75) is 39.7 Å². The third-order valence-electron chi connectivity index (χ3n) is 3.11. The lowest BCUT2D eigenvalue weighted by Crippen LogP contribution is -2.47. The van der Waals surface area contributed by atoms with Crippen LogP contribution in [0, 0.1) is 11.8 Å². The zero-order valence-electron chi connectivity index (χ0n) is 10.2. The predicted octanol–water partition coefficient (Wildman–Crippen LogP) is 1.96. The van der Waals surface area contributed by atoms with E-state index in [2.05, 4.69) is 38.0 Å². The Hall–Kier alpha value is -0.0800. The lowest BCUT2D eigenvalue weighted by molar-refractivity contribution is 0.203. The molecule has 2 heteroatoms. The van der Waals surface area contributed by atoms with Gasteiger partial charge in [0.15, 0.2) is 0 Å². The molecule has 1 saturated heterocycles. The van der Waals surface area contributed by atoms with Crippen LogP contribution >= 0.6 is 0 Å². The minimum absolute atomic E-state index is 0.715. The van der Waals surface area contributed by atoms with Crippen LogP contribution in [0.25, 0.3) is 0 Å². The van der Waals surface area contributed by atoms with Crippen molar-refractivity contribution in [3.63, 3.8) is 0 Å². The monoisotopic (exact) mass is 198 g/mol. The molecule has 2 unspecified atom stereocenters. The van der Waals surface area contributed by atoms with Gasteiger partial charge in [-0.2, -0.15) is 0 Å². The molecule has 0 aromatic rings. The first kappa shape index (κ1) is 12.0. The van der Waals surface area contributed by atoms with Crippen molar-refractivity contribution in [3.05, 3.63) is 0 Å². The van der Waals surface area contributed by atoms with E-state index in [0.29, 0.717) is 6.04 Å². The van der Waals surface area contributed by atoms with Gasteiger partial charge in [-0.3, -0.25) is 0 Å². The minimum atomic E-state index is 0.715. The Kier molecular flexibility index (Phi) is 4.90. The van der Waals surface area contributed by atoms with Gasteiger partial charge in [0.05, 0.1) is 0 Å². The van der Waals surface area contributed by atoms with E-state index in [0.717, 1.165) is 11.8 Å². The number of nitrogens with zero attached hydrogens (tertiary/aromatic N) is 1. The molecule has 1 fully saturated rings. The first-order chi connectivity index (χ1) is 6.59. The molecule has 1 aliphatic heterocycles. The van der Waals surface area contributed by atoms with Crippen molar-refractivity contribution in [2.75, 3.05) is 26.7 Å². The summed E-state index contributed by atoms with van der Waals surface area (Å²) in [5, 5.41) is 3.63. The van der Waals surface area contributed by atoms with Gasteiger partial charge in [-0.05, 0) is 38.3 Å². The highest BCUT2D eigenvalue weighted by Gasteiger charge is 2.21. The molecule has 0 aromatic carbocycles. The lowest BCUT2D eigenvalue weighted by Gasteiger charge is -2.33. The first-order valence-corrected chi connectivity index (χ1v) is 6.01. The van der Waals surface area contributed by atoms with Gasteiger partial charge >= 0.3 is 0 Å². The van der Waals surface area contributed by atoms with Crippen LogP contribution in [0.4, 0.5) is 0 Å². The van der Waals surface area contributed by atoms with E-state index in [-0.39, 0.29) is 0 Å². The van der Waals surface area contributed by atoms with Crippen LogP contribution in [0.3, 0.4) is 0 Å². The Balaban J connectivity index is 2.27. The highest BCUT2D eigenvalue weighted by Crippen LogP contribution is 2.16. The molecule has 0 radical (unpaired) electrons. The second kappa shape index (κ2) is 5.72. The second-order valence-electron chi connectivity index (χ2n) is 5.30. The van der Waals surface area contributed by atoms with Crippen LogP contribution in [0.15, 0.2) is 0 Å². The zero-order valence-corrected chi connectivity index (χ0v) is 10.2. The smallest absolute Gasteiger partial charge is 0.0220 e. The number of rotatable bonds is 4. The van der Waals surface area contributed by atoms with Crippen LogP contribution in [0.2, 0.25) is 0 Å². The molecular formula is C12H26N2. The summed E-state index contributed by atoms with van der Waals surface area (Å²) in [6, 6.07) is 0.715. The quantitative estimate of drug-likeness (QED) is 0.743. The van der Waals surface area contributed by atoms with Gasteiger partial charge in [-0.25, -0.2) is 0 Å². The summed E-state index contributed by atoms with van der Waals surface area (Å²) in [4.78, 5) is 2.46. The van der Waals surface area contributed by atoms with E-state index in [1.807, 2.05) is 0 Å². The summed E-state index contributed by atoms with van der Waals surface area (Å²) < 4.78 is 0. The van der Waals surface area contributed by atoms with E-state index in [9.17, 15) is 0 Å². The van der Waals surface area contributed by atoms with Crippen molar-refractivity contribution in [1.82, 2.24) is 10.2 Å². The van der Waals surface area contributed by atoms with Crippen LogP contribution < -0.4 is 5.32 Å². The average Bonchev–Trinajstić information content (AvgIpc) is 2.07. The third-order valence-corrected chi connectivity index (χ3v) is 3.11. The molecule has 0 bridgehead atoms. The van der Waals surface area contributed by atoms with E-state index in [1.165, 1.54) is 32.5 Å². The third kappa shape index (κ3) is 3.97. The van der Waals surface area contributed by atoms with Crippen molar-refractivity contribution in [1.29, 1.82) is 0 Å². The first-order valence-electron chi connectivity index (χ1n) is 6.01. The molecule has 14 heavy (non-hydrogen) atoms. The maximum absolute atomic E-state index is 3.63. The molecule has 0 amide bonds. The topological polar surface area (TPSA) is 15.3 Å². The van der Waals surface area contributed by atoms with Crippen molar-refractivity contribution in [3.8, 4) is 0 Å². The van der Waals surface area contributed by atoms with Gasteiger partial charge in [0, 0.05) is 19.1 Å². The van der Waals surface area contributed by atoms with Gasteiger partial charge in [-0.1, -0.05) is 20.8 Å². The molecule has 1 aliphatic rings. The Morgan fingerprint density at radius 3 is 2.71 bits per heavy atom. The van der Waals surface area contributed by atoms with E-state index in [4.69, 9.17) is 0 Å². The van der Waals surface area contributed by atoms with Crippen LogP contribution in [0.1, 0.15) is 33.6 Å². The highest BCUT2D eigenvalue weighted by atomic mass is 15.1. The summed E-state index contributed by atoms with van der Waals surface area (Å²) in [5.74, 6) is 1.62. The summed E-state index contributed by atoms with van der Waals surface area (Å²) >= 11 is 0. The molecule has 0 aliphatic carbocycles. The van der Waals surface area contributed by atoms with Gasteiger partial charge < -0.3 is 10.2 Å². The Labute approximate surface area is 89.1 Å². The minimum Gasteiger partial charge on any atom is -0.312 e. The largest absolute Gasteiger partial charge is 0.312 e. The van der Waals surface area contributed by atoms with E-state index < -0.39 is 0 Å². The molecule has 1 N–H and O–H groups in total. The van der Waals surface area contributed by atoms with E-state index in [1.54, 1.807) is 0 Å². The normalized spacial score (nSPS) is 28.7. The standard InChI is InChI=1S/C12H26N2/c1-10(2)8-14(4)9-12-11(3)6-5-7-13-12/h10-13H,5-9H2,1-4H3. The Morgan fingerprint density at radius 1 is 1.43 bits per heavy atom. The van der Waals surface area contributed by atoms with Gasteiger partial charge in [0.1, 0.15) is 0 Å². The van der Waals surface area contributed by atoms with Crippen LogP contribution in [-0.2, 0) is 0 Å². The number of hydrogen-bond acceptors (Lipinski definition) is 2. The van der Waals surface area contributed by atoms with Gasteiger partial charge in [0.2, 0.25) is 0 Å². The molecule has 0 saturated carbocycles. The Morgan fingerprint density at radius 2 is 2.14 bits per heavy atom. The zero-order chi connectivity index (χ0) is 10.6. The van der Waals surface area contributed by atoms with Crippen LogP contribution in [0.5, 0.6) is 0 Å². The Bertz CT molecular complexity index is 156. The SMILES string of the molecule is CC(C)CN(C)CC1NCCCC1C. The molecular weight excluding hydrogens is 172 g/mol. The number of piperidine rings is 1. The molecule has 1 rings (SSSR count). The summed E-state index contributed by atoms with van der Waals surface area (Å²) in [6.07, 6.45) is 2.75. The average molecular weight is 198 g/mol. The number of hydrogen-bond donors (Lipinski definition) is 1. The molecule has 0 spiro atoms. The van der Waals surface area contributed by atoms with E-state index >= 15 is 0 Å². The fraction of sp³-hybridized carbons (Fsp3) is 1.00. The van der Waals surface area contributed by atoms with Crippen molar-refractivity contribution >= 4 is 0 Å². The highest BCUT2D eigenvalue weighted by molar-refractivity contribution is 4.80. The lowest BCUT2D eigenvalue weighted by atomic mass is 9.92. The van der Waals surface area contributed by atoms with Gasteiger partial charge in [-0.15, -0.1) is 0 Å². The number of nitrogens with one attached hydrogen (secondary N) is 1. The van der Waals surface area contributed by atoms with Gasteiger partial charge in [0.25, 0.3) is 0 Å². The summed E-state index contributed by atoms with van der Waals surface area (Å²) in [7, 11) is 2.24.